The Kier molecular flexibility index (Phi) is 3.14. The van der Waals surface area contributed by atoms with E-state index in [2.05, 4.69) is 5.32 Å². The van der Waals surface area contributed by atoms with Gasteiger partial charge in [-0.25, -0.2) is 0 Å². The van der Waals surface area contributed by atoms with Gasteiger partial charge in [-0.15, -0.1) is 11.3 Å². The highest BCUT2D eigenvalue weighted by molar-refractivity contribution is 7.20. The Balaban J connectivity index is 1.89. The third kappa shape index (κ3) is 2.38. The number of nitrogens with one attached hydrogen (secondary N) is 1. The van der Waals surface area contributed by atoms with E-state index < -0.39 is 0 Å². The predicted octanol–water partition coefficient (Wildman–Crippen LogP) is 3.70. The van der Waals surface area contributed by atoms with E-state index in [0.29, 0.717) is 6.04 Å². The van der Waals surface area contributed by atoms with Crippen LogP contribution in [0.1, 0.15) is 24.8 Å². The van der Waals surface area contributed by atoms with Crippen molar-refractivity contribution in [2.24, 2.45) is 0 Å². The summed E-state index contributed by atoms with van der Waals surface area (Å²) in [6, 6.07) is 2.65. The summed E-state index contributed by atoms with van der Waals surface area (Å²) >= 11 is 13.3. The fraction of sp³-hybridized carbons (Fsp3) is 0.556. The van der Waals surface area contributed by atoms with Crippen LogP contribution in [0.2, 0.25) is 8.67 Å². The van der Waals surface area contributed by atoms with E-state index in [-0.39, 0.29) is 0 Å². The average Bonchev–Trinajstić information content (AvgIpc) is 2.27. The molecule has 72 valence electrons. The van der Waals surface area contributed by atoms with Crippen molar-refractivity contribution in [3.63, 3.8) is 0 Å². The van der Waals surface area contributed by atoms with Crippen molar-refractivity contribution in [3.05, 3.63) is 20.3 Å². The molecule has 0 amide bonds. The molecule has 0 aliphatic heterocycles. The van der Waals surface area contributed by atoms with Crippen LogP contribution < -0.4 is 5.32 Å². The van der Waals surface area contributed by atoms with Crippen LogP contribution in [0.15, 0.2) is 6.07 Å². The maximum atomic E-state index is 5.98. The summed E-state index contributed by atoms with van der Waals surface area (Å²) in [5.41, 5.74) is 1.13. The summed E-state index contributed by atoms with van der Waals surface area (Å²) in [6.45, 7) is 0.854. The van der Waals surface area contributed by atoms with Crippen LogP contribution >= 0.6 is 34.5 Å². The molecule has 1 nitrogen and oxygen atoms in total. The third-order valence-electron chi connectivity index (χ3n) is 2.41. The van der Waals surface area contributed by atoms with E-state index in [1.807, 2.05) is 6.07 Å². The first-order valence-electron chi connectivity index (χ1n) is 4.43. The summed E-state index contributed by atoms with van der Waals surface area (Å²) in [7, 11) is 0. The number of hydrogen-bond donors (Lipinski definition) is 1. The van der Waals surface area contributed by atoms with Crippen LogP contribution in [-0.2, 0) is 6.54 Å². The molecule has 1 aliphatic carbocycles. The molecule has 0 aromatic carbocycles. The summed E-state index contributed by atoms with van der Waals surface area (Å²) < 4.78 is 1.59. The lowest BCUT2D eigenvalue weighted by Gasteiger charge is -2.26. The molecule has 0 radical (unpaired) electrons. The van der Waals surface area contributed by atoms with Gasteiger partial charge in [0, 0.05) is 12.6 Å². The van der Waals surface area contributed by atoms with Gasteiger partial charge in [-0.1, -0.05) is 29.6 Å². The number of halogens is 2. The lowest BCUT2D eigenvalue weighted by Crippen LogP contribution is -2.34. The Morgan fingerprint density at radius 3 is 2.69 bits per heavy atom. The maximum Gasteiger partial charge on any atom is 0.0989 e. The Labute approximate surface area is 92.0 Å². The molecule has 0 bridgehead atoms. The lowest BCUT2D eigenvalue weighted by molar-refractivity contribution is 0.338. The van der Waals surface area contributed by atoms with Crippen molar-refractivity contribution >= 4 is 34.5 Å². The first kappa shape index (κ1) is 9.78. The number of hydrogen-bond acceptors (Lipinski definition) is 2. The van der Waals surface area contributed by atoms with Crippen LogP contribution in [0.25, 0.3) is 0 Å². The van der Waals surface area contributed by atoms with Crippen molar-refractivity contribution in [1.82, 2.24) is 5.32 Å². The number of thiophene rings is 1. The number of rotatable bonds is 3. The molecule has 1 aromatic heterocycles. The maximum absolute atomic E-state index is 5.98. The van der Waals surface area contributed by atoms with E-state index in [9.17, 15) is 0 Å². The van der Waals surface area contributed by atoms with Gasteiger partial charge in [0.1, 0.15) is 0 Å². The Morgan fingerprint density at radius 2 is 2.23 bits per heavy atom. The van der Waals surface area contributed by atoms with Gasteiger partial charge in [-0.05, 0) is 24.5 Å². The first-order valence-corrected chi connectivity index (χ1v) is 6.00. The minimum absolute atomic E-state index is 0.703. The second kappa shape index (κ2) is 4.18. The highest BCUT2D eigenvalue weighted by Gasteiger charge is 2.17. The molecule has 2 rings (SSSR count). The van der Waals surface area contributed by atoms with Crippen LogP contribution in [0.4, 0.5) is 0 Å². The molecule has 13 heavy (non-hydrogen) atoms. The van der Waals surface area contributed by atoms with Crippen LogP contribution in [0, 0.1) is 0 Å². The minimum atomic E-state index is 0.703. The second-order valence-electron chi connectivity index (χ2n) is 3.36. The fourth-order valence-electron chi connectivity index (χ4n) is 1.36. The molecular weight excluding hydrogens is 225 g/mol. The molecule has 1 aliphatic rings. The smallest absolute Gasteiger partial charge is 0.0989 e. The molecule has 1 saturated carbocycles. The molecule has 1 N–H and O–H groups in total. The van der Waals surface area contributed by atoms with E-state index in [0.717, 1.165) is 20.8 Å². The zero-order valence-electron chi connectivity index (χ0n) is 7.15. The Bertz CT molecular complexity index is 294. The van der Waals surface area contributed by atoms with Crippen LogP contribution in [0.3, 0.4) is 0 Å². The quantitative estimate of drug-likeness (QED) is 0.843. The molecule has 1 heterocycles. The third-order valence-corrected chi connectivity index (χ3v) is 3.98. The molecule has 0 unspecified atom stereocenters. The summed E-state index contributed by atoms with van der Waals surface area (Å²) in [4.78, 5) is 0. The van der Waals surface area contributed by atoms with E-state index >= 15 is 0 Å². The molecule has 0 saturated heterocycles. The van der Waals surface area contributed by atoms with Gasteiger partial charge in [0.2, 0.25) is 0 Å². The monoisotopic (exact) mass is 235 g/mol. The minimum Gasteiger partial charge on any atom is -0.310 e. The highest BCUT2D eigenvalue weighted by Crippen LogP contribution is 2.31. The van der Waals surface area contributed by atoms with Gasteiger partial charge in [0.05, 0.1) is 8.67 Å². The van der Waals surface area contributed by atoms with Gasteiger partial charge in [-0.3, -0.25) is 0 Å². The summed E-state index contributed by atoms with van der Waals surface area (Å²) in [5, 5.41) is 3.45. The van der Waals surface area contributed by atoms with Crippen molar-refractivity contribution in [2.75, 3.05) is 0 Å². The molecule has 1 fully saturated rings. The standard InChI is InChI=1S/C9H11Cl2NS/c10-8-4-6(9(11)13-8)5-12-7-2-1-3-7/h4,7,12H,1-3,5H2. The molecule has 1 aromatic rings. The van der Waals surface area contributed by atoms with Gasteiger partial charge in [0.15, 0.2) is 0 Å². The van der Waals surface area contributed by atoms with Gasteiger partial charge in [0.25, 0.3) is 0 Å². The highest BCUT2D eigenvalue weighted by atomic mass is 35.5. The first-order chi connectivity index (χ1) is 6.25. The molecule has 4 heteroatoms. The van der Waals surface area contributed by atoms with Crippen LogP contribution in [-0.4, -0.2) is 6.04 Å². The van der Waals surface area contributed by atoms with Crippen molar-refractivity contribution in [1.29, 1.82) is 0 Å². The van der Waals surface area contributed by atoms with Crippen molar-refractivity contribution in [2.45, 2.75) is 31.8 Å². The molecular formula is C9H11Cl2NS. The Hall–Kier alpha value is 0.240. The summed E-state index contributed by atoms with van der Waals surface area (Å²) in [6.07, 6.45) is 3.96. The van der Waals surface area contributed by atoms with Crippen molar-refractivity contribution in [3.8, 4) is 0 Å². The Morgan fingerprint density at radius 1 is 1.46 bits per heavy atom. The SMILES string of the molecule is Clc1cc(CNC2CCC2)c(Cl)s1. The molecule has 0 atom stereocenters. The normalized spacial score (nSPS) is 17.4. The van der Waals surface area contributed by atoms with E-state index in [1.54, 1.807) is 0 Å². The van der Waals surface area contributed by atoms with Gasteiger partial charge >= 0.3 is 0 Å². The van der Waals surface area contributed by atoms with Gasteiger partial charge in [-0.2, -0.15) is 0 Å². The topological polar surface area (TPSA) is 12.0 Å². The average molecular weight is 236 g/mol. The molecule has 0 spiro atoms. The second-order valence-corrected chi connectivity index (χ2v) is 5.64. The van der Waals surface area contributed by atoms with E-state index in [1.165, 1.54) is 30.6 Å². The fourth-order valence-corrected chi connectivity index (χ4v) is 2.85. The zero-order chi connectivity index (χ0) is 9.26. The van der Waals surface area contributed by atoms with Crippen LogP contribution in [0.5, 0.6) is 0 Å². The van der Waals surface area contributed by atoms with Gasteiger partial charge < -0.3 is 5.32 Å². The largest absolute Gasteiger partial charge is 0.310 e. The predicted molar refractivity (Wildman–Crippen MR) is 58.8 cm³/mol. The van der Waals surface area contributed by atoms with E-state index in [4.69, 9.17) is 23.2 Å². The summed E-state index contributed by atoms with van der Waals surface area (Å²) in [5.74, 6) is 0. The van der Waals surface area contributed by atoms with Crippen molar-refractivity contribution < 1.29 is 0 Å². The lowest BCUT2D eigenvalue weighted by atomic mass is 9.93. The zero-order valence-corrected chi connectivity index (χ0v) is 9.48.